The van der Waals surface area contributed by atoms with Gasteiger partial charge in [0.2, 0.25) is 0 Å². The molecule has 0 spiro atoms. The van der Waals surface area contributed by atoms with Gasteiger partial charge in [0.05, 0.1) is 19.3 Å². The summed E-state index contributed by atoms with van der Waals surface area (Å²) >= 11 is 0. The van der Waals surface area contributed by atoms with Crippen molar-refractivity contribution in [2.45, 2.75) is 19.3 Å². The zero-order valence-electron chi connectivity index (χ0n) is 11.4. The second-order valence-corrected chi connectivity index (χ2v) is 4.15. The van der Waals surface area contributed by atoms with E-state index in [9.17, 15) is 0 Å². The standard InChI is InChI=1S/C14H23NO3/c1-16-10-13-7-5-4-6-12(13)8-15-9-14(18-3)11-17-2/h4-7,14-15H,8-11H2,1-3H3. The lowest BCUT2D eigenvalue weighted by molar-refractivity contribution is 0.0287. The molecule has 4 nitrogen and oxygen atoms in total. The quantitative estimate of drug-likeness (QED) is 0.725. The van der Waals surface area contributed by atoms with Crippen LogP contribution in [0.3, 0.4) is 0 Å². The highest BCUT2D eigenvalue weighted by molar-refractivity contribution is 5.26. The average molecular weight is 253 g/mol. The number of nitrogens with one attached hydrogen (secondary N) is 1. The van der Waals surface area contributed by atoms with Crippen molar-refractivity contribution in [3.05, 3.63) is 35.4 Å². The van der Waals surface area contributed by atoms with Crippen molar-refractivity contribution in [3.8, 4) is 0 Å². The molecule has 0 saturated heterocycles. The Hall–Kier alpha value is -0.940. The van der Waals surface area contributed by atoms with Crippen LogP contribution in [0.25, 0.3) is 0 Å². The van der Waals surface area contributed by atoms with Crippen molar-refractivity contribution in [1.29, 1.82) is 0 Å². The number of rotatable bonds is 9. The second kappa shape index (κ2) is 9.05. The summed E-state index contributed by atoms with van der Waals surface area (Å²) in [5, 5.41) is 3.38. The monoisotopic (exact) mass is 253 g/mol. The van der Waals surface area contributed by atoms with Crippen molar-refractivity contribution in [3.63, 3.8) is 0 Å². The summed E-state index contributed by atoms with van der Waals surface area (Å²) in [4.78, 5) is 0. The number of methoxy groups -OCH3 is 3. The first-order chi connectivity index (χ1) is 8.81. The Morgan fingerprint density at radius 3 is 2.39 bits per heavy atom. The molecule has 1 aromatic rings. The molecule has 1 rings (SSSR count). The van der Waals surface area contributed by atoms with Gasteiger partial charge in [0, 0.05) is 34.4 Å². The van der Waals surface area contributed by atoms with E-state index < -0.39 is 0 Å². The number of benzene rings is 1. The van der Waals surface area contributed by atoms with E-state index in [-0.39, 0.29) is 6.10 Å². The maximum absolute atomic E-state index is 5.29. The highest BCUT2D eigenvalue weighted by atomic mass is 16.5. The molecule has 1 aromatic carbocycles. The minimum atomic E-state index is 0.0876. The summed E-state index contributed by atoms with van der Waals surface area (Å²) in [5.41, 5.74) is 2.47. The Morgan fingerprint density at radius 2 is 1.78 bits per heavy atom. The van der Waals surface area contributed by atoms with Gasteiger partial charge in [0.25, 0.3) is 0 Å². The summed E-state index contributed by atoms with van der Waals surface area (Å²) in [5.74, 6) is 0. The highest BCUT2D eigenvalue weighted by Gasteiger charge is 2.07. The lowest BCUT2D eigenvalue weighted by Crippen LogP contribution is -2.31. The van der Waals surface area contributed by atoms with Gasteiger partial charge in [-0.15, -0.1) is 0 Å². The van der Waals surface area contributed by atoms with Gasteiger partial charge in [-0.3, -0.25) is 0 Å². The van der Waals surface area contributed by atoms with Crippen LogP contribution in [0, 0.1) is 0 Å². The van der Waals surface area contributed by atoms with E-state index in [1.54, 1.807) is 21.3 Å². The van der Waals surface area contributed by atoms with Gasteiger partial charge < -0.3 is 19.5 Å². The van der Waals surface area contributed by atoms with Gasteiger partial charge in [0.15, 0.2) is 0 Å². The van der Waals surface area contributed by atoms with Crippen LogP contribution in [0.1, 0.15) is 11.1 Å². The fraction of sp³-hybridized carbons (Fsp3) is 0.571. The largest absolute Gasteiger partial charge is 0.382 e. The van der Waals surface area contributed by atoms with E-state index in [1.807, 2.05) is 12.1 Å². The first kappa shape index (κ1) is 15.1. The van der Waals surface area contributed by atoms with Crippen LogP contribution in [0.5, 0.6) is 0 Å². The smallest absolute Gasteiger partial charge is 0.0928 e. The van der Waals surface area contributed by atoms with Gasteiger partial charge in [0.1, 0.15) is 0 Å². The molecule has 0 saturated carbocycles. The lowest BCUT2D eigenvalue weighted by Gasteiger charge is -2.16. The second-order valence-electron chi connectivity index (χ2n) is 4.15. The molecular formula is C14H23NO3. The summed E-state index contributed by atoms with van der Waals surface area (Å²) in [6.45, 7) is 2.82. The Labute approximate surface area is 109 Å². The van der Waals surface area contributed by atoms with Gasteiger partial charge in [-0.1, -0.05) is 24.3 Å². The van der Waals surface area contributed by atoms with Gasteiger partial charge in [-0.2, -0.15) is 0 Å². The molecule has 0 amide bonds. The van der Waals surface area contributed by atoms with Crippen LogP contribution in [-0.4, -0.2) is 40.6 Å². The minimum Gasteiger partial charge on any atom is -0.382 e. The maximum atomic E-state index is 5.29. The van der Waals surface area contributed by atoms with Gasteiger partial charge >= 0.3 is 0 Å². The minimum absolute atomic E-state index is 0.0876. The molecule has 0 aliphatic carbocycles. The fourth-order valence-corrected chi connectivity index (χ4v) is 1.79. The van der Waals surface area contributed by atoms with Crippen LogP contribution < -0.4 is 5.32 Å². The molecule has 0 bridgehead atoms. The van der Waals surface area contributed by atoms with E-state index in [4.69, 9.17) is 14.2 Å². The predicted octanol–water partition coefficient (Wildman–Crippen LogP) is 1.58. The maximum Gasteiger partial charge on any atom is 0.0928 e. The van der Waals surface area contributed by atoms with Crippen molar-refractivity contribution in [2.24, 2.45) is 0 Å². The molecule has 1 atom stereocenters. The highest BCUT2D eigenvalue weighted by Crippen LogP contribution is 2.09. The van der Waals surface area contributed by atoms with Crippen LogP contribution >= 0.6 is 0 Å². The SMILES string of the molecule is COCc1ccccc1CNCC(COC)OC. The molecule has 1 N–H and O–H groups in total. The van der Waals surface area contributed by atoms with E-state index in [1.165, 1.54) is 11.1 Å². The molecule has 0 aliphatic heterocycles. The first-order valence-electron chi connectivity index (χ1n) is 6.10. The van der Waals surface area contributed by atoms with Crippen LogP contribution in [0.2, 0.25) is 0 Å². The normalized spacial score (nSPS) is 12.6. The third-order valence-electron chi connectivity index (χ3n) is 2.79. The predicted molar refractivity (Wildman–Crippen MR) is 71.5 cm³/mol. The van der Waals surface area contributed by atoms with Crippen molar-refractivity contribution < 1.29 is 14.2 Å². The van der Waals surface area contributed by atoms with E-state index in [0.717, 1.165) is 13.1 Å². The molecule has 102 valence electrons. The number of hydrogen-bond acceptors (Lipinski definition) is 4. The zero-order valence-corrected chi connectivity index (χ0v) is 11.4. The molecule has 0 fully saturated rings. The Balaban J connectivity index is 2.42. The van der Waals surface area contributed by atoms with E-state index in [0.29, 0.717) is 13.2 Å². The molecular weight excluding hydrogens is 230 g/mol. The summed E-state index contributed by atoms with van der Waals surface area (Å²) in [6.07, 6.45) is 0.0876. The van der Waals surface area contributed by atoms with Crippen molar-refractivity contribution in [1.82, 2.24) is 5.32 Å². The zero-order chi connectivity index (χ0) is 13.2. The van der Waals surface area contributed by atoms with Crippen LogP contribution in [-0.2, 0) is 27.4 Å². The van der Waals surface area contributed by atoms with Gasteiger partial charge in [-0.25, -0.2) is 0 Å². The molecule has 18 heavy (non-hydrogen) atoms. The van der Waals surface area contributed by atoms with E-state index in [2.05, 4.69) is 17.4 Å². The van der Waals surface area contributed by atoms with Crippen LogP contribution in [0.15, 0.2) is 24.3 Å². The summed E-state index contributed by atoms with van der Waals surface area (Å²) in [6, 6.07) is 8.27. The van der Waals surface area contributed by atoms with E-state index >= 15 is 0 Å². The average Bonchev–Trinajstić information content (AvgIpc) is 2.40. The topological polar surface area (TPSA) is 39.7 Å². The Kier molecular flexibility index (Phi) is 7.60. The molecule has 0 heterocycles. The van der Waals surface area contributed by atoms with Crippen molar-refractivity contribution >= 4 is 0 Å². The summed E-state index contributed by atoms with van der Waals surface area (Å²) < 4.78 is 15.6. The molecule has 0 aliphatic rings. The first-order valence-corrected chi connectivity index (χ1v) is 6.10. The van der Waals surface area contributed by atoms with Crippen LogP contribution in [0.4, 0.5) is 0 Å². The fourth-order valence-electron chi connectivity index (χ4n) is 1.79. The molecule has 0 aromatic heterocycles. The molecule has 4 heteroatoms. The molecule has 0 radical (unpaired) electrons. The Bertz CT molecular complexity index is 331. The molecule has 1 unspecified atom stereocenters. The van der Waals surface area contributed by atoms with Crippen molar-refractivity contribution in [2.75, 3.05) is 34.5 Å². The number of ether oxygens (including phenoxy) is 3. The van der Waals surface area contributed by atoms with Gasteiger partial charge in [-0.05, 0) is 11.1 Å². The third-order valence-corrected chi connectivity index (χ3v) is 2.79. The Morgan fingerprint density at radius 1 is 1.06 bits per heavy atom. The third kappa shape index (κ3) is 5.14. The lowest BCUT2D eigenvalue weighted by atomic mass is 10.1. The number of hydrogen-bond donors (Lipinski definition) is 1. The summed E-state index contributed by atoms with van der Waals surface area (Å²) in [7, 11) is 5.09.